The van der Waals surface area contributed by atoms with E-state index < -0.39 is 5.97 Å². The van der Waals surface area contributed by atoms with Gasteiger partial charge in [0.25, 0.3) is 5.91 Å². The molecule has 2 aromatic carbocycles. The fourth-order valence-electron chi connectivity index (χ4n) is 2.66. The molecule has 0 unspecified atom stereocenters. The molecule has 7 heteroatoms. The Morgan fingerprint density at radius 3 is 2.41 bits per heavy atom. The zero-order valence-corrected chi connectivity index (χ0v) is 17.7. The molecule has 2 N–H and O–H groups in total. The zero-order chi connectivity index (χ0) is 21.2. The highest BCUT2D eigenvalue weighted by atomic mass is 32.2. The predicted octanol–water partition coefficient (Wildman–Crippen LogP) is 3.40. The van der Waals surface area contributed by atoms with E-state index in [1.54, 1.807) is 0 Å². The molecule has 0 saturated carbocycles. The summed E-state index contributed by atoms with van der Waals surface area (Å²) in [6, 6.07) is 15.1. The fourth-order valence-corrected chi connectivity index (χ4v) is 3.27. The van der Waals surface area contributed by atoms with Gasteiger partial charge in [-0.05, 0) is 38.0 Å². The van der Waals surface area contributed by atoms with E-state index in [0.717, 1.165) is 34.1 Å². The lowest BCUT2D eigenvalue weighted by Crippen LogP contribution is -2.31. The molecule has 0 fully saturated rings. The maximum Gasteiger partial charge on any atom is 0.316 e. The summed E-state index contributed by atoms with van der Waals surface area (Å²) in [5.74, 6) is -0.963. The smallest absolute Gasteiger partial charge is 0.316 e. The van der Waals surface area contributed by atoms with E-state index in [4.69, 9.17) is 4.74 Å². The molecule has 0 aromatic heterocycles. The number of thioether (sulfide) groups is 1. The van der Waals surface area contributed by atoms with Crippen molar-refractivity contribution >= 4 is 35.2 Å². The zero-order valence-electron chi connectivity index (χ0n) is 16.9. The number of hydrogen-bond donors (Lipinski definition) is 2. The highest BCUT2D eigenvalue weighted by molar-refractivity contribution is 8.00. The first kappa shape index (κ1) is 22.5. The third-order valence-corrected chi connectivity index (χ3v) is 5.06. The third kappa shape index (κ3) is 7.99. The molecule has 0 heterocycles. The van der Waals surface area contributed by atoms with Gasteiger partial charge in [0.1, 0.15) is 0 Å². The van der Waals surface area contributed by atoms with Gasteiger partial charge in [-0.25, -0.2) is 0 Å². The van der Waals surface area contributed by atoms with Gasteiger partial charge in [0, 0.05) is 5.69 Å². The minimum Gasteiger partial charge on any atom is -0.455 e. The average Bonchev–Trinajstić information content (AvgIpc) is 2.69. The lowest BCUT2D eigenvalue weighted by Gasteiger charge is -2.14. The van der Waals surface area contributed by atoms with Crippen molar-refractivity contribution in [2.75, 3.05) is 23.4 Å². The van der Waals surface area contributed by atoms with Gasteiger partial charge in [0.05, 0.1) is 17.5 Å². The molecule has 2 amide bonds. The molecule has 29 heavy (non-hydrogen) atoms. The minimum atomic E-state index is -0.531. The van der Waals surface area contributed by atoms with Gasteiger partial charge >= 0.3 is 5.97 Å². The Kier molecular flexibility index (Phi) is 8.73. The number of aryl methyl sites for hydroxylation is 2. The normalized spacial score (nSPS) is 11.4. The quantitative estimate of drug-likeness (QED) is 0.615. The topological polar surface area (TPSA) is 84.5 Å². The van der Waals surface area contributed by atoms with Crippen LogP contribution in [0.15, 0.2) is 48.5 Å². The van der Waals surface area contributed by atoms with Gasteiger partial charge in [-0.3, -0.25) is 14.4 Å². The van der Waals surface area contributed by atoms with Crippen LogP contribution in [0.25, 0.3) is 0 Å². The van der Waals surface area contributed by atoms with Crippen LogP contribution in [-0.4, -0.2) is 35.9 Å². The first-order valence-corrected chi connectivity index (χ1v) is 10.5. The molecule has 0 aliphatic rings. The summed E-state index contributed by atoms with van der Waals surface area (Å²) < 4.78 is 4.97. The molecule has 0 saturated heterocycles. The maximum absolute atomic E-state index is 12.0. The Hall–Kier alpha value is -2.80. The second-order valence-corrected chi connectivity index (χ2v) is 7.71. The first-order valence-electron chi connectivity index (χ1n) is 9.30. The van der Waals surface area contributed by atoms with Crippen molar-refractivity contribution in [3.05, 3.63) is 65.2 Å². The number of carbonyl (C=O) groups excluding carboxylic acids is 3. The summed E-state index contributed by atoms with van der Waals surface area (Å²) in [6.07, 6.45) is 0. The lowest BCUT2D eigenvalue weighted by atomic mass is 10.1. The van der Waals surface area contributed by atoms with Crippen LogP contribution in [-0.2, 0) is 19.1 Å². The molecule has 0 bridgehead atoms. The van der Waals surface area contributed by atoms with Gasteiger partial charge < -0.3 is 15.4 Å². The van der Waals surface area contributed by atoms with Crippen molar-refractivity contribution in [1.29, 1.82) is 0 Å². The first-order chi connectivity index (χ1) is 13.8. The summed E-state index contributed by atoms with van der Waals surface area (Å²) in [6.45, 7) is 5.43. The molecular weight excluding hydrogens is 388 g/mol. The minimum absolute atomic E-state index is 0.00180. The van der Waals surface area contributed by atoms with E-state index in [9.17, 15) is 14.4 Å². The standard InChI is InChI=1S/C22H26N2O4S/c1-15-9-10-19(16(2)11-15)24-21(26)13-29-14-22(27)28-12-20(25)23-17(3)18-7-5-4-6-8-18/h4-11,17H,12-14H2,1-3H3,(H,23,25)(H,24,26)/t17-/m0/s1. The summed E-state index contributed by atoms with van der Waals surface area (Å²) in [5.41, 5.74) is 3.84. The van der Waals surface area contributed by atoms with Crippen molar-refractivity contribution in [1.82, 2.24) is 5.32 Å². The number of ether oxygens (including phenoxy) is 1. The number of nitrogens with one attached hydrogen (secondary N) is 2. The van der Waals surface area contributed by atoms with Crippen LogP contribution >= 0.6 is 11.8 Å². The SMILES string of the molecule is Cc1ccc(NC(=O)CSCC(=O)OCC(=O)N[C@@H](C)c2ccccc2)c(C)c1. The Morgan fingerprint density at radius 2 is 1.72 bits per heavy atom. The number of rotatable bonds is 9. The van der Waals surface area contributed by atoms with Crippen LogP contribution < -0.4 is 10.6 Å². The lowest BCUT2D eigenvalue weighted by molar-refractivity contribution is -0.146. The van der Waals surface area contributed by atoms with Gasteiger partial charge in [-0.15, -0.1) is 11.8 Å². The fraction of sp³-hybridized carbons (Fsp3) is 0.318. The van der Waals surface area contributed by atoms with Crippen molar-refractivity contribution in [3.8, 4) is 0 Å². The Labute approximate surface area is 175 Å². The van der Waals surface area contributed by atoms with E-state index in [1.165, 1.54) is 0 Å². The molecule has 2 rings (SSSR count). The van der Waals surface area contributed by atoms with Crippen LogP contribution in [0, 0.1) is 13.8 Å². The molecule has 0 aliphatic heterocycles. The molecule has 154 valence electrons. The molecule has 0 radical (unpaired) electrons. The van der Waals surface area contributed by atoms with Crippen molar-refractivity contribution < 1.29 is 19.1 Å². The Bertz CT molecular complexity index is 855. The summed E-state index contributed by atoms with van der Waals surface area (Å²) in [7, 11) is 0. The van der Waals surface area contributed by atoms with Gasteiger partial charge in [-0.2, -0.15) is 0 Å². The summed E-state index contributed by atoms with van der Waals surface area (Å²) >= 11 is 1.14. The number of amides is 2. The average molecular weight is 415 g/mol. The number of carbonyl (C=O) groups is 3. The van der Waals surface area contributed by atoms with Gasteiger partial charge in [0.15, 0.2) is 6.61 Å². The number of anilines is 1. The molecular formula is C22H26N2O4S. The highest BCUT2D eigenvalue weighted by Crippen LogP contribution is 2.16. The van der Waals surface area contributed by atoms with Crippen LogP contribution in [0.5, 0.6) is 0 Å². The third-order valence-electron chi connectivity index (χ3n) is 4.15. The summed E-state index contributed by atoms with van der Waals surface area (Å²) in [5, 5.41) is 5.60. The predicted molar refractivity (Wildman–Crippen MR) is 116 cm³/mol. The van der Waals surface area contributed by atoms with E-state index in [0.29, 0.717) is 0 Å². The summed E-state index contributed by atoms with van der Waals surface area (Å²) in [4.78, 5) is 35.7. The second-order valence-electron chi connectivity index (χ2n) is 6.72. The van der Waals surface area contributed by atoms with Crippen LogP contribution in [0.2, 0.25) is 0 Å². The largest absolute Gasteiger partial charge is 0.455 e. The van der Waals surface area contributed by atoms with Crippen LogP contribution in [0.1, 0.15) is 29.7 Å². The Morgan fingerprint density at radius 1 is 1.00 bits per heavy atom. The molecule has 1 atom stereocenters. The number of benzene rings is 2. The molecule has 0 aliphatic carbocycles. The van der Waals surface area contributed by atoms with Crippen LogP contribution in [0.3, 0.4) is 0 Å². The van der Waals surface area contributed by atoms with E-state index >= 15 is 0 Å². The van der Waals surface area contributed by atoms with E-state index in [-0.39, 0.29) is 36.0 Å². The molecule has 0 spiro atoms. The highest BCUT2D eigenvalue weighted by Gasteiger charge is 2.13. The van der Waals surface area contributed by atoms with Crippen LogP contribution in [0.4, 0.5) is 5.69 Å². The maximum atomic E-state index is 12.0. The molecule has 6 nitrogen and oxygen atoms in total. The van der Waals surface area contributed by atoms with Crippen molar-refractivity contribution in [2.24, 2.45) is 0 Å². The van der Waals surface area contributed by atoms with Crippen molar-refractivity contribution in [3.63, 3.8) is 0 Å². The monoisotopic (exact) mass is 414 g/mol. The van der Waals surface area contributed by atoms with Gasteiger partial charge in [-0.1, -0.05) is 48.0 Å². The van der Waals surface area contributed by atoms with E-state index in [2.05, 4.69) is 10.6 Å². The number of esters is 1. The number of hydrogen-bond acceptors (Lipinski definition) is 5. The van der Waals surface area contributed by atoms with Gasteiger partial charge in [0.2, 0.25) is 5.91 Å². The van der Waals surface area contributed by atoms with E-state index in [1.807, 2.05) is 69.3 Å². The molecule has 2 aromatic rings. The van der Waals surface area contributed by atoms with Crippen molar-refractivity contribution in [2.45, 2.75) is 26.8 Å². The Balaban J connectivity index is 1.64. The second kappa shape index (κ2) is 11.3.